The number of aliphatic hydroxyl groups is 1. The summed E-state index contributed by atoms with van der Waals surface area (Å²) < 4.78 is 35.6. The Hall–Kier alpha value is -2.88. The van der Waals surface area contributed by atoms with Crippen LogP contribution >= 0.6 is 12.4 Å². The van der Waals surface area contributed by atoms with Crippen molar-refractivity contribution in [3.63, 3.8) is 0 Å². The number of halogens is 1. The summed E-state index contributed by atoms with van der Waals surface area (Å²) in [7, 11) is -3.89. The van der Waals surface area contributed by atoms with E-state index in [4.69, 9.17) is 10.5 Å². The number of aliphatic hydroxyl groups excluding tert-OH is 1. The Kier molecular flexibility index (Phi) is 11.7. The summed E-state index contributed by atoms with van der Waals surface area (Å²) in [5.41, 5.74) is 5.80. The minimum Gasteiger partial charge on any atom is -0.461 e. The summed E-state index contributed by atoms with van der Waals surface area (Å²) in [4.78, 5) is 57.9. The van der Waals surface area contributed by atoms with Crippen LogP contribution in [-0.2, 0) is 35.5 Å². The third-order valence-corrected chi connectivity index (χ3v) is 17.2. The Balaban J connectivity index is 0.00000514. The van der Waals surface area contributed by atoms with Crippen LogP contribution in [0.5, 0.6) is 0 Å². The predicted octanol–water partition coefficient (Wildman–Crippen LogP) is 3.71. The maximum absolute atomic E-state index is 13.7. The molecule has 306 valence electrons. The average Bonchev–Trinajstić information content (AvgIpc) is 3.87. The molecular weight excluding hydrogens is 746 g/mol. The topological polar surface area (TPSA) is 191 Å². The van der Waals surface area contributed by atoms with Crippen LogP contribution in [0.3, 0.4) is 0 Å². The third-order valence-electron chi connectivity index (χ3n) is 15.1. The van der Waals surface area contributed by atoms with Gasteiger partial charge in [-0.25, -0.2) is 23.4 Å². The molecule has 3 N–H and O–H groups in total. The molecule has 1 amide bonds. The van der Waals surface area contributed by atoms with E-state index in [9.17, 15) is 27.9 Å². The zero-order chi connectivity index (χ0) is 38.8. The molecule has 2 saturated heterocycles. The van der Waals surface area contributed by atoms with Crippen molar-refractivity contribution < 1.29 is 32.6 Å². The van der Waals surface area contributed by atoms with Gasteiger partial charge in [0.2, 0.25) is 5.91 Å². The molecule has 0 spiro atoms. The first-order valence-electron chi connectivity index (χ1n) is 20.1. The first kappa shape index (κ1) is 41.7. The average molecular weight is 806 g/mol. The number of hydrogen-bond acceptors (Lipinski definition) is 12. The van der Waals surface area contributed by atoms with Gasteiger partial charge in [-0.15, -0.1) is 12.4 Å². The number of nitrogens with zero attached hydrogens (tertiary/aromatic N) is 6. The lowest BCUT2D eigenvalue weighted by atomic mass is 9.43. The van der Waals surface area contributed by atoms with Gasteiger partial charge >= 0.3 is 5.97 Å². The fourth-order valence-electron chi connectivity index (χ4n) is 11.3. The second-order valence-corrected chi connectivity index (χ2v) is 20.1. The second kappa shape index (κ2) is 15.5. The van der Waals surface area contributed by atoms with Gasteiger partial charge in [-0.3, -0.25) is 14.4 Å². The predicted molar refractivity (Wildman–Crippen MR) is 210 cm³/mol. The Bertz CT molecular complexity index is 1890. The second-order valence-electron chi connectivity index (χ2n) is 17.8. The fourth-order valence-corrected chi connectivity index (χ4v) is 12.8. The van der Waals surface area contributed by atoms with Gasteiger partial charge in [0.25, 0.3) is 0 Å². The van der Waals surface area contributed by atoms with E-state index in [2.05, 4.69) is 40.6 Å². The Morgan fingerprint density at radius 1 is 1.05 bits per heavy atom. The number of carbonyl (C=O) groups is 3. The number of aromatic nitrogens is 4. The summed E-state index contributed by atoms with van der Waals surface area (Å²) in [5, 5.41) is 11.1. The minimum atomic E-state index is -3.89. The summed E-state index contributed by atoms with van der Waals surface area (Å²) in [6, 6.07) is 0.0932. The first-order valence-corrected chi connectivity index (χ1v) is 21.8. The lowest BCUT2D eigenvalue weighted by molar-refractivity contribution is -0.211. The highest BCUT2D eigenvalue weighted by Gasteiger charge is 2.68. The van der Waals surface area contributed by atoms with Gasteiger partial charge in [-0.05, 0) is 74.0 Å². The van der Waals surface area contributed by atoms with Crippen LogP contribution in [0, 0.1) is 34.0 Å². The molecule has 16 heteroatoms. The highest BCUT2D eigenvalue weighted by molar-refractivity contribution is 7.92. The third kappa shape index (κ3) is 7.17. The summed E-state index contributed by atoms with van der Waals surface area (Å²) >= 11 is 0. The molecule has 9 atom stereocenters. The zero-order valence-electron chi connectivity index (χ0n) is 33.0. The number of hydrogen-bond donors (Lipinski definition) is 2. The molecule has 5 aliphatic rings. The number of aryl methyl sites for hydroxylation is 1. The fraction of sp³-hybridized carbons (Fsp3) is 0.795. The quantitative estimate of drug-likeness (QED) is 0.350. The largest absolute Gasteiger partial charge is 0.461 e. The number of nitrogens with two attached hydrogens (primary N) is 1. The SMILES string of the molecule is CC[C@]1(C)C[C@@H](OC(=O)CS(=O)(=O)C2CCN(C(=O)CCn3cnc4c(N5CCC(N)C5)ncnc43)CC2)[C@]2(C)[C@H](C)CC[C@]3(CCC(=O)[C@@H]32)[C@@H](C)[C@@H]1O.Cl. The van der Waals surface area contributed by atoms with Gasteiger partial charge in [-0.2, -0.15) is 0 Å². The van der Waals surface area contributed by atoms with Gasteiger partial charge < -0.3 is 29.9 Å². The van der Waals surface area contributed by atoms with Crippen molar-refractivity contribution >= 4 is 56.9 Å². The number of imidazole rings is 1. The monoisotopic (exact) mass is 805 g/mol. The normalized spacial score (nSPS) is 35.6. The molecule has 7 rings (SSSR count). The first-order chi connectivity index (χ1) is 25.5. The molecule has 2 bridgehead atoms. The molecule has 3 saturated carbocycles. The minimum absolute atomic E-state index is 0. The van der Waals surface area contributed by atoms with Crippen molar-refractivity contribution in [2.24, 2.45) is 39.7 Å². The number of ketones is 1. The van der Waals surface area contributed by atoms with Crippen molar-refractivity contribution in [3.05, 3.63) is 12.7 Å². The molecule has 2 aliphatic heterocycles. The number of Topliss-reactive ketones (excluding diaryl/α,β-unsaturated/α-hetero) is 1. The number of sulfone groups is 1. The van der Waals surface area contributed by atoms with Crippen LogP contribution in [0.1, 0.15) is 98.8 Å². The zero-order valence-corrected chi connectivity index (χ0v) is 34.6. The van der Waals surface area contributed by atoms with E-state index in [1.54, 1.807) is 11.2 Å². The molecular formula is C39H60ClN7O7S. The molecule has 3 aliphatic carbocycles. The number of piperidine rings is 1. The van der Waals surface area contributed by atoms with E-state index in [-0.39, 0.29) is 85.7 Å². The van der Waals surface area contributed by atoms with Gasteiger partial charge in [0.15, 0.2) is 26.8 Å². The number of carbonyl (C=O) groups excluding carboxylic acids is 3. The highest BCUT2D eigenvalue weighted by atomic mass is 35.5. The summed E-state index contributed by atoms with van der Waals surface area (Å²) in [6.07, 6.45) is 7.23. The van der Waals surface area contributed by atoms with E-state index in [1.165, 1.54) is 6.33 Å². The molecule has 4 heterocycles. The van der Waals surface area contributed by atoms with Crippen LogP contribution in [0.4, 0.5) is 5.82 Å². The van der Waals surface area contributed by atoms with Crippen LogP contribution in [0.25, 0.3) is 11.2 Å². The Labute approximate surface area is 331 Å². The van der Waals surface area contributed by atoms with E-state index >= 15 is 0 Å². The van der Waals surface area contributed by atoms with Crippen molar-refractivity contribution in [2.75, 3.05) is 36.8 Å². The van der Waals surface area contributed by atoms with Crippen LogP contribution < -0.4 is 10.6 Å². The maximum Gasteiger partial charge on any atom is 0.321 e. The Morgan fingerprint density at radius 3 is 2.45 bits per heavy atom. The molecule has 0 radical (unpaired) electrons. The van der Waals surface area contributed by atoms with E-state index < -0.39 is 49.8 Å². The maximum atomic E-state index is 13.7. The van der Waals surface area contributed by atoms with Crippen LogP contribution in [0.2, 0.25) is 0 Å². The van der Waals surface area contributed by atoms with E-state index in [0.29, 0.717) is 43.5 Å². The van der Waals surface area contributed by atoms with Crippen LogP contribution in [0.15, 0.2) is 12.7 Å². The highest BCUT2D eigenvalue weighted by Crippen LogP contribution is 2.68. The number of esters is 1. The molecule has 5 fully saturated rings. The molecule has 2 aromatic heterocycles. The number of likely N-dealkylation sites (tertiary alicyclic amines) is 1. The van der Waals surface area contributed by atoms with E-state index in [0.717, 1.165) is 38.0 Å². The van der Waals surface area contributed by atoms with Crippen LogP contribution in [-0.4, -0.2) is 111 Å². The molecule has 1 unspecified atom stereocenters. The van der Waals surface area contributed by atoms with Gasteiger partial charge in [0.1, 0.15) is 24.0 Å². The van der Waals surface area contributed by atoms with E-state index in [1.807, 2.05) is 18.4 Å². The Morgan fingerprint density at radius 2 is 1.78 bits per heavy atom. The lowest BCUT2D eigenvalue weighted by Crippen LogP contribution is -2.63. The number of fused-ring (bicyclic) bond motifs is 1. The van der Waals surface area contributed by atoms with Crippen molar-refractivity contribution in [1.82, 2.24) is 24.4 Å². The molecule has 55 heavy (non-hydrogen) atoms. The molecule has 0 aromatic carbocycles. The van der Waals surface area contributed by atoms with Gasteiger partial charge in [-0.1, -0.05) is 34.6 Å². The molecule has 2 aromatic rings. The number of rotatable bonds is 9. The standard InChI is InChI=1S/C39H59N7O7S.ClH/c1-6-37(4)19-29(38(5)24(2)7-13-39(25(3)34(37)50)14-8-28(47)33(38)39)53-31(49)21-54(51,52)27-10-16-44(17-11-27)30(48)12-18-46-23-43-32-35(41-22-42-36(32)46)45-15-9-26(40)20-45;/h22-27,29,33-34,50H,6-21,40H2,1-5H3;1H/t24-,25+,26?,29-,33-,34+,37-,38+,39+;/m1./s1. The van der Waals surface area contributed by atoms with Gasteiger partial charge in [0.05, 0.1) is 17.7 Å². The smallest absolute Gasteiger partial charge is 0.321 e. The van der Waals surface area contributed by atoms with Gasteiger partial charge in [0, 0.05) is 62.9 Å². The van der Waals surface area contributed by atoms with Crippen molar-refractivity contribution in [1.29, 1.82) is 0 Å². The molecule has 14 nitrogen and oxygen atoms in total. The van der Waals surface area contributed by atoms with Crippen molar-refractivity contribution in [2.45, 2.75) is 129 Å². The number of anilines is 1. The summed E-state index contributed by atoms with van der Waals surface area (Å²) in [5.74, 6) is -1.10. The number of ether oxygens (including phenoxy) is 1. The lowest BCUT2D eigenvalue weighted by Gasteiger charge is -2.62. The summed E-state index contributed by atoms with van der Waals surface area (Å²) in [6.45, 7) is 12.8. The van der Waals surface area contributed by atoms with Crippen molar-refractivity contribution in [3.8, 4) is 0 Å². The number of amides is 1.